The lowest BCUT2D eigenvalue weighted by molar-refractivity contribution is 0.276. The molecule has 0 amide bonds. The predicted octanol–water partition coefficient (Wildman–Crippen LogP) is 1.94. The van der Waals surface area contributed by atoms with Crippen LogP contribution < -0.4 is 0 Å². The summed E-state index contributed by atoms with van der Waals surface area (Å²) in [6.07, 6.45) is 1.76. The van der Waals surface area contributed by atoms with Gasteiger partial charge in [-0.25, -0.2) is 4.68 Å². The van der Waals surface area contributed by atoms with Gasteiger partial charge in [-0.15, -0.1) is 5.10 Å². The summed E-state index contributed by atoms with van der Waals surface area (Å²) in [5.74, 6) is 0.552. The Hall–Kier alpha value is -1.68. The molecule has 2 aromatic rings. The van der Waals surface area contributed by atoms with E-state index >= 15 is 0 Å². The van der Waals surface area contributed by atoms with E-state index in [1.807, 2.05) is 0 Å². The smallest absolute Gasteiger partial charge is 0.108 e. The lowest BCUT2D eigenvalue weighted by Gasteiger charge is -2.06. The van der Waals surface area contributed by atoms with Crippen molar-refractivity contribution >= 4 is 0 Å². The highest BCUT2D eigenvalue weighted by Crippen LogP contribution is 2.15. The minimum atomic E-state index is -0.0632. The van der Waals surface area contributed by atoms with Crippen LogP contribution in [0.3, 0.4) is 0 Å². The van der Waals surface area contributed by atoms with Crippen LogP contribution in [-0.2, 0) is 13.2 Å². The average Bonchev–Trinajstić information content (AvgIpc) is 2.77. The lowest BCUT2D eigenvalue weighted by atomic mass is 10.0. The van der Waals surface area contributed by atoms with Crippen molar-refractivity contribution in [2.45, 2.75) is 32.9 Å². The van der Waals surface area contributed by atoms with Gasteiger partial charge in [0.05, 0.1) is 19.3 Å². The van der Waals surface area contributed by atoms with Gasteiger partial charge in [0.1, 0.15) is 5.69 Å². The third-order valence-electron chi connectivity index (χ3n) is 2.74. The van der Waals surface area contributed by atoms with Crippen LogP contribution in [0.25, 0.3) is 0 Å². The summed E-state index contributed by atoms with van der Waals surface area (Å²) in [5.41, 5.74) is 3.12. The second-order valence-corrected chi connectivity index (χ2v) is 4.46. The molecule has 0 bridgehead atoms. The maximum absolute atomic E-state index is 8.90. The molecule has 4 nitrogen and oxygen atoms in total. The molecule has 0 aliphatic rings. The van der Waals surface area contributed by atoms with Gasteiger partial charge in [0.15, 0.2) is 0 Å². The molecule has 0 unspecified atom stereocenters. The number of benzene rings is 1. The number of hydrogen-bond acceptors (Lipinski definition) is 3. The summed E-state index contributed by atoms with van der Waals surface area (Å²) in [7, 11) is 0. The third-order valence-corrected chi connectivity index (χ3v) is 2.74. The molecule has 0 aliphatic heterocycles. The van der Waals surface area contributed by atoms with E-state index in [1.54, 1.807) is 10.9 Å². The van der Waals surface area contributed by atoms with Crippen molar-refractivity contribution in [1.82, 2.24) is 15.0 Å². The van der Waals surface area contributed by atoms with E-state index < -0.39 is 0 Å². The second-order valence-electron chi connectivity index (χ2n) is 4.46. The van der Waals surface area contributed by atoms with Crippen molar-refractivity contribution in [3.8, 4) is 0 Å². The summed E-state index contributed by atoms with van der Waals surface area (Å²) >= 11 is 0. The van der Waals surface area contributed by atoms with Crippen LogP contribution in [0.15, 0.2) is 30.5 Å². The molecule has 1 aromatic carbocycles. The van der Waals surface area contributed by atoms with E-state index in [0.717, 1.165) is 0 Å². The molecule has 1 N–H and O–H groups in total. The molecule has 0 aliphatic carbocycles. The summed E-state index contributed by atoms with van der Waals surface area (Å²) in [5, 5.41) is 16.7. The molecule has 0 radical (unpaired) electrons. The van der Waals surface area contributed by atoms with Crippen molar-refractivity contribution < 1.29 is 5.11 Å². The Kier molecular flexibility index (Phi) is 3.54. The summed E-state index contributed by atoms with van der Waals surface area (Å²) in [6.45, 7) is 4.98. The highest BCUT2D eigenvalue weighted by atomic mass is 16.3. The topological polar surface area (TPSA) is 50.9 Å². The van der Waals surface area contributed by atoms with Crippen LogP contribution in [0.2, 0.25) is 0 Å². The molecular weight excluding hydrogens is 214 g/mol. The van der Waals surface area contributed by atoms with Gasteiger partial charge in [0, 0.05) is 0 Å². The zero-order valence-electron chi connectivity index (χ0n) is 10.2. The van der Waals surface area contributed by atoms with Gasteiger partial charge in [-0.1, -0.05) is 43.3 Å². The fourth-order valence-corrected chi connectivity index (χ4v) is 1.68. The van der Waals surface area contributed by atoms with E-state index in [9.17, 15) is 0 Å². The fraction of sp³-hybridized carbons (Fsp3) is 0.385. The molecule has 17 heavy (non-hydrogen) atoms. The van der Waals surface area contributed by atoms with Gasteiger partial charge in [0.2, 0.25) is 0 Å². The van der Waals surface area contributed by atoms with Gasteiger partial charge in [-0.3, -0.25) is 0 Å². The van der Waals surface area contributed by atoms with Crippen LogP contribution in [0, 0.1) is 0 Å². The van der Waals surface area contributed by atoms with Crippen molar-refractivity contribution in [2.75, 3.05) is 0 Å². The van der Waals surface area contributed by atoms with Crippen LogP contribution >= 0.6 is 0 Å². The largest absolute Gasteiger partial charge is 0.390 e. The normalized spacial score (nSPS) is 11.1. The number of rotatable bonds is 4. The zero-order valence-corrected chi connectivity index (χ0v) is 10.2. The van der Waals surface area contributed by atoms with E-state index in [4.69, 9.17) is 5.11 Å². The molecule has 90 valence electrons. The molecule has 0 atom stereocenters. The monoisotopic (exact) mass is 231 g/mol. The standard InChI is InChI=1S/C13H17N3O/c1-10(2)12-5-3-11(4-6-12)7-16-8-13(9-17)14-15-16/h3-6,8,10,17H,7,9H2,1-2H3. The molecule has 0 fully saturated rings. The molecule has 1 aromatic heterocycles. The predicted molar refractivity (Wildman–Crippen MR) is 65.6 cm³/mol. The third kappa shape index (κ3) is 2.91. The highest BCUT2D eigenvalue weighted by Gasteiger charge is 2.02. The first-order valence-corrected chi connectivity index (χ1v) is 5.77. The first kappa shape index (κ1) is 11.8. The van der Waals surface area contributed by atoms with E-state index in [0.29, 0.717) is 18.2 Å². The molecule has 0 spiro atoms. The number of aliphatic hydroxyl groups is 1. The molecule has 0 saturated carbocycles. The second kappa shape index (κ2) is 5.10. The van der Waals surface area contributed by atoms with E-state index in [1.165, 1.54) is 11.1 Å². The van der Waals surface area contributed by atoms with Crippen LogP contribution in [-0.4, -0.2) is 20.1 Å². The summed E-state index contributed by atoms with van der Waals surface area (Å²) in [4.78, 5) is 0. The van der Waals surface area contributed by atoms with Crippen LogP contribution in [0.5, 0.6) is 0 Å². The minimum absolute atomic E-state index is 0.0632. The molecule has 0 saturated heterocycles. The Labute approximate surface area is 101 Å². The number of nitrogens with zero attached hydrogens (tertiary/aromatic N) is 3. The first-order chi connectivity index (χ1) is 8.19. The Balaban J connectivity index is 2.08. The Morgan fingerprint density at radius 3 is 2.47 bits per heavy atom. The van der Waals surface area contributed by atoms with Crippen LogP contribution in [0.1, 0.15) is 36.6 Å². The maximum Gasteiger partial charge on any atom is 0.108 e. The number of aliphatic hydroxyl groups excluding tert-OH is 1. The Morgan fingerprint density at radius 2 is 1.94 bits per heavy atom. The van der Waals surface area contributed by atoms with Crippen LogP contribution in [0.4, 0.5) is 0 Å². The summed E-state index contributed by atoms with van der Waals surface area (Å²) < 4.78 is 1.73. The van der Waals surface area contributed by atoms with E-state index in [2.05, 4.69) is 48.4 Å². The van der Waals surface area contributed by atoms with Gasteiger partial charge >= 0.3 is 0 Å². The van der Waals surface area contributed by atoms with Crippen molar-refractivity contribution in [2.24, 2.45) is 0 Å². The number of aromatic nitrogens is 3. The molecular formula is C13H17N3O. The summed E-state index contributed by atoms with van der Waals surface area (Å²) in [6, 6.07) is 8.50. The maximum atomic E-state index is 8.90. The van der Waals surface area contributed by atoms with E-state index in [-0.39, 0.29) is 6.61 Å². The fourth-order valence-electron chi connectivity index (χ4n) is 1.68. The Morgan fingerprint density at radius 1 is 1.24 bits per heavy atom. The molecule has 4 heteroatoms. The average molecular weight is 231 g/mol. The van der Waals surface area contributed by atoms with Gasteiger partial charge in [-0.2, -0.15) is 0 Å². The lowest BCUT2D eigenvalue weighted by Crippen LogP contribution is -2.00. The first-order valence-electron chi connectivity index (χ1n) is 5.77. The minimum Gasteiger partial charge on any atom is -0.390 e. The SMILES string of the molecule is CC(C)c1ccc(Cn2cc(CO)nn2)cc1. The van der Waals surface area contributed by atoms with Gasteiger partial charge < -0.3 is 5.11 Å². The van der Waals surface area contributed by atoms with Gasteiger partial charge in [-0.05, 0) is 17.0 Å². The van der Waals surface area contributed by atoms with Crippen molar-refractivity contribution in [3.05, 3.63) is 47.3 Å². The zero-order chi connectivity index (χ0) is 12.3. The molecule has 1 heterocycles. The highest BCUT2D eigenvalue weighted by molar-refractivity contribution is 5.24. The number of hydrogen-bond donors (Lipinski definition) is 1. The Bertz CT molecular complexity index is 474. The quantitative estimate of drug-likeness (QED) is 0.875. The molecule has 2 rings (SSSR count). The van der Waals surface area contributed by atoms with Gasteiger partial charge in [0.25, 0.3) is 0 Å². The van der Waals surface area contributed by atoms with Crippen molar-refractivity contribution in [3.63, 3.8) is 0 Å². The van der Waals surface area contributed by atoms with Crippen molar-refractivity contribution in [1.29, 1.82) is 0 Å².